The second-order valence-corrected chi connectivity index (χ2v) is 7.79. The SMILES string of the molecule is Cc1nc(C)c(-c2ccc(=O)n(CCNC(=O)COc3cccc(C(F)(F)F)c3)n2)s1. The van der Waals surface area contributed by atoms with E-state index in [1.165, 1.54) is 34.2 Å². The molecule has 7 nitrogen and oxygen atoms in total. The fraction of sp³-hybridized carbons (Fsp3) is 0.300. The molecule has 0 aliphatic heterocycles. The van der Waals surface area contributed by atoms with Crippen LogP contribution in [0.25, 0.3) is 10.6 Å². The van der Waals surface area contributed by atoms with Gasteiger partial charge in [0.05, 0.1) is 27.7 Å². The van der Waals surface area contributed by atoms with Gasteiger partial charge in [-0.25, -0.2) is 9.67 Å². The highest BCUT2D eigenvalue weighted by molar-refractivity contribution is 7.15. The Morgan fingerprint density at radius 1 is 1.23 bits per heavy atom. The Kier molecular flexibility index (Phi) is 6.74. The number of nitrogens with zero attached hydrogens (tertiary/aromatic N) is 3. The van der Waals surface area contributed by atoms with Crippen LogP contribution in [0.4, 0.5) is 13.2 Å². The van der Waals surface area contributed by atoms with Gasteiger partial charge in [-0.05, 0) is 38.1 Å². The van der Waals surface area contributed by atoms with E-state index in [0.717, 1.165) is 27.7 Å². The molecule has 0 saturated carbocycles. The van der Waals surface area contributed by atoms with Crippen LogP contribution >= 0.6 is 11.3 Å². The Labute approximate surface area is 179 Å². The summed E-state index contributed by atoms with van der Waals surface area (Å²) in [6.45, 7) is 3.51. The zero-order valence-electron chi connectivity index (χ0n) is 16.7. The number of amides is 1. The zero-order chi connectivity index (χ0) is 22.6. The van der Waals surface area contributed by atoms with Crippen molar-refractivity contribution in [3.8, 4) is 16.3 Å². The number of carbonyl (C=O) groups is 1. The van der Waals surface area contributed by atoms with Gasteiger partial charge in [0.15, 0.2) is 6.61 Å². The van der Waals surface area contributed by atoms with E-state index < -0.39 is 24.3 Å². The van der Waals surface area contributed by atoms with E-state index >= 15 is 0 Å². The number of rotatable bonds is 7. The lowest BCUT2D eigenvalue weighted by Gasteiger charge is -2.11. The number of carbonyl (C=O) groups excluding carboxylic acids is 1. The van der Waals surface area contributed by atoms with Crippen molar-refractivity contribution in [3.63, 3.8) is 0 Å². The molecule has 164 valence electrons. The number of nitrogens with one attached hydrogen (secondary N) is 1. The molecule has 2 heterocycles. The normalized spacial score (nSPS) is 11.4. The largest absolute Gasteiger partial charge is 0.484 e. The summed E-state index contributed by atoms with van der Waals surface area (Å²) in [7, 11) is 0. The molecule has 1 N–H and O–H groups in total. The van der Waals surface area contributed by atoms with Crippen molar-refractivity contribution in [2.45, 2.75) is 26.6 Å². The van der Waals surface area contributed by atoms with Crippen molar-refractivity contribution < 1.29 is 22.7 Å². The summed E-state index contributed by atoms with van der Waals surface area (Å²) in [6.07, 6.45) is -4.49. The van der Waals surface area contributed by atoms with Crippen molar-refractivity contribution in [2.24, 2.45) is 0 Å². The van der Waals surface area contributed by atoms with Gasteiger partial charge < -0.3 is 10.1 Å². The molecular formula is C20H19F3N4O3S. The predicted octanol–water partition coefficient (Wildman–Crippen LogP) is 3.20. The third kappa shape index (κ3) is 5.91. The van der Waals surface area contributed by atoms with E-state index in [9.17, 15) is 22.8 Å². The summed E-state index contributed by atoms with van der Waals surface area (Å²) in [5, 5.41) is 7.77. The monoisotopic (exact) mass is 452 g/mol. The Bertz CT molecular complexity index is 1140. The first-order chi connectivity index (χ1) is 14.6. The molecule has 0 bridgehead atoms. The number of aryl methyl sites for hydroxylation is 2. The van der Waals surface area contributed by atoms with E-state index in [4.69, 9.17) is 4.74 Å². The summed E-state index contributed by atoms with van der Waals surface area (Å²) in [4.78, 5) is 29.2. The van der Waals surface area contributed by atoms with Crippen molar-refractivity contribution in [2.75, 3.05) is 13.2 Å². The highest BCUT2D eigenvalue weighted by atomic mass is 32.1. The molecule has 0 aliphatic rings. The number of benzene rings is 1. The van der Waals surface area contributed by atoms with Crippen molar-refractivity contribution in [1.82, 2.24) is 20.1 Å². The third-order valence-corrected chi connectivity index (χ3v) is 5.28. The lowest BCUT2D eigenvalue weighted by molar-refractivity contribution is -0.137. The first-order valence-corrected chi connectivity index (χ1v) is 10.0. The zero-order valence-corrected chi connectivity index (χ0v) is 17.5. The van der Waals surface area contributed by atoms with Crippen LogP contribution in [0.15, 0.2) is 41.2 Å². The maximum absolute atomic E-state index is 12.7. The molecule has 31 heavy (non-hydrogen) atoms. The lowest BCUT2D eigenvalue weighted by atomic mass is 10.2. The van der Waals surface area contributed by atoms with E-state index in [-0.39, 0.29) is 24.4 Å². The fourth-order valence-electron chi connectivity index (χ4n) is 2.76. The minimum Gasteiger partial charge on any atom is -0.484 e. The molecule has 0 unspecified atom stereocenters. The van der Waals surface area contributed by atoms with Gasteiger partial charge in [0, 0.05) is 12.6 Å². The molecule has 0 saturated heterocycles. The van der Waals surface area contributed by atoms with Gasteiger partial charge in [0.25, 0.3) is 11.5 Å². The van der Waals surface area contributed by atoms with Gasteiger partial charge in [-0.15, -0.1) is 11.3 Å². The molecule has 0 fully saturated rings. The number of halogens is 3. The molecule has 3 rings (SSSR count). The quantitative estimate of drug-likeness (QED) is 0.595. The van der Waals surface area contributed by atoms with Crippen molar-refractivity contribution >= 4 is 17.2 Å². The molecule has 2 aromatic heterocycles. The maximum atomic E-state index is 12.7. The molecule has 0 radical (unpaired) electrons. The van der Waals surface area contributed by atoms with Gasteiger partial charge in [-0.1, -0.05) is 6.07 Å². The van der Waals surface area contributed by atoms with Crippen molar-refractivity contribution in [1.29, 1.82) is 0 Å². The number of thiazole rings is 1. The molecule has 0 atom stereocenters. The summed E-state index contributed by atoms with van der Waals surface area (Å²) in [5.74, 6) is -0.596. The van der Waals surface area contributed by atoms with E-state index in [0.29, 0.717) is 5.69 Å². The standard InChI is InChI=1S/C20H19F3N4O3S/c1-12-19(31-13(2)25-12)16-6-7-18(29)27(26-16)9-8-24-17(28)11-30-15-5-3-4-14(10-15)20(21,22)23/h3-7,10H,8-9,11H2,1-2H3,(H,24,28). The van der Waals surface area contributed by atoms with Crippen LogP contribution in [-0.4, -0.2) is 33.8 Å². The molecule has 3 aromatic rings. The smallest absolute Gasteiger partial charge is 0.416 e. The minimum absolute atomic E-state index is 0.0641. The van der Waals surface area contributed by atoms with Crippen LogP contribution in [-0.2, 0) is 17.5 Å². The van der Waals surface area contributed by atoms with E-state index in [1.807, 2.05) is 13.8 Å². The third-order valence-electron chi connectivity index (χ3n) is 4.18. The molecule has 11 heteroatoms. The van der Waals surface area contributed by atoms with Crippen LogP contribution in [0.5, 0.6) is 5.75 Å². The number of aromatic nitrogens is 3. The van der Waals surface area contributed by atoms with Crippen LogP contribution in [0.1, 0.15) is 16.3 Å². The Hall–Kier alpha value is -3.21. The molecular weight excluding hydrogens is 433 g/mol. The maximum Gasteiger partial charge on any atom is 0.416 e. The van der Waals surface area contributed by atoms with Gasteiger partial charge in [0.2, 0.25) is 0 Å². The second kappa shape index (κ2) is 9.29. The lowest BCUT2D eigenvalue weighted by Crippen LogP contribution is -2.34. The highest BCUT2D eigenvalue weighted by Crippen LogP contribution is 2.31. The average molecular weight is 452 g/mol. The summed E-state index contributed by atoms with van der Waals surface area (Å²) in [6, 6.07) is 7.30. The molecule has 0 aliphatic carbocycles. The first-order valence-electron chi connectivity index (χ1n) is 9.23. The second-order valence-electron chi connectivity index (χ2n) is 6.59. The van der Waals surface area contributed by atoms with Crippen LogP contribution in [0.2, 0.25) is 0 Å². The van der Waals surface area contributed by atoms with Gasteiger partial charge >= 0.3 is 6.18 Å². The van der Waals surface area contributed by atoms with Crippen LogP contribution < -0.4 is 15.6 Å². The molecule has 1 amide bonds. The first kappa shape index (κ1) is 22.5. The number of ether oxygens (including phenoxy) is 1. The average Bonchev–Trinajstić information content (AvgIpc) is 3.05. The Morgan fingerprint density at radius 2 is 2.00 bits per heavy atom. The van der Waals surface area contributed by atoms with Crippen LogP contribution in [0, 0.1) is 13.8 Å². The topological polar surface area (TPSA) is 86.1 Å². The van der Waals surface area contributed by atoms with E-state index in [2.05, 4.69) is 15.4 Å². The summed E-state index contributed by atoms with van der Waals surface area (Å²) in [5.41, 5.74) is 0.251. The van der Waals surface area contributed by atoms with Gasteiger partial charge in [-0.3, -0.25) is 9.59 Å². The summed E-state index contributed by atoms with van der Waals surface area (Å²) < 4.78 is 44.5. The minimum atomic E-state index is -4.49. The van der Waals surface area contributed by atoms with E-state index in [1.54, 1.807) is 6.07 Å². The molecule has 1 aromatic carbocycles. The Morgan fingerprint density at radius 3 is 2.68 bits per heavy atom. The fourth-order valence-corrected chi connectivity index (χ4v) is 3.65. The van der Waals surface area contributed by atoms with Crippen molar-refractivity contribution in [3.05, 3.63) is 63.0 Å². The molecule has 0 spiro atoms. The number of hydrogen-bond donors (Lipinski definition) is 1. The predicted molar refractivity (Wildman–Crippen MR) is 109 cm³/mol. The highest BCUT2D eigenvalue weighted by Gasteiger charge is 2.30. The number of alkyl halides is 3. The van der Waals surface area contributed by atoms with Gasteiger partial charge in [0.1, 0.15) is 11.4 Å². The number of hydrogen-bond acceptors (Lipinski definition) is 6. The Balaban J connectivity index is 1.54. The van der Waals surface area contributed by atoms with Gasteiger partial charge in [-0.2, -0.15) is 18.3 Å². The summed E-state index contributed by atoms with van der Waals surface area (Å²) >= 11 is 1.47. The van der Waals surface area contributed by atoms with Crippen LogP contribution in [0.3, 0.4) is 0 Å².